The minimum Gasteiger partial charge on any atom is -0.355 e. The summed E-state index contributed by atoms with van der Waals surface area (Å²) in [5.41, 5.74) is 0. The van der Waals surface area contributed by atoms with Gasteiger partial charge in [-0.25, -0.2) is 0 Å². The fourth-order valence-corrected chi connectivity index (χ4v) is 4.18. The van der Waals surface area contributed by atoms with E-state index in [4.69, 9.17) is 0 Å². The zero-order chi connectivity index (χ0) is 20.0. The normalized spacial score (nSPS) is 23.9. The summed E-state index contributed by atoms with van der Waals surface area (Å²) in [6, 6.07) is 0.811. The van der Waals surface area contributed by atoms with Crippen LogP contribution in [0.2, 0.25) is 0 Å². The Labute approximate surface area is 166 Å². The number of aliphatic imine (C=N–C) groups is 1. The molecule has 2 saturated heterocycles. The molecule has 27 heavy (non-hydrogen) atoms. The third-order valence-electron chi connectivity index (χ3n) is 6.09. The number of guanidine groups is 1. The van der Waals surface area contributed by atoms with E-state index in [9.17, 15) is 4.79 Å². The molecule has 156 valence electrons. The number of carbonyl (C=O) groups excluding carboxylic acids is 1. The second-order valence-electron chi connectivity index (χ2n) is 9.05. The molecule has 2 aliphatic rings. The zero-order valence-electron chi connectivity index (χ0n) is 18.3. The largest absolute Gasteiger partial charge is 0.355 e. The van der Waals surface area contributed by atoms with E-state index in [0.717, 1.165) is 37.9 Å². The minimum absolute atomic E-state index is 0.0697. The molecule has 2 aliphatic heterocycles. The lowest BCUT2D eigenvalue weighted by molar-refractivity contribution is -0.133. The van der Waals surface area contributed by atoms with E-state index in [1.807, 2.05) is 25.8 Å². The van der Waals surface area contributed by atoms with E-state index in [-0.39, 0.29) is 17.9 Å². The number of carbonyl (C=O) groups is 1. The number of nitrogens with zero attached hydrogens (tertiary/aromatic N) is 3. The van der Waals surface area contributed by atoms with Gasteiger partial charge in [0.1, 0.15) is 0 Å². The zero-order valence-corrected chi connectivity index (χ0v) is 18.3. The van der Waals surface area contributed by atoms with Crippen LogP contribution in [0.4, 0.5) is 0 Å². The molecule has 2 rings (SSSR count). The van der Waals surface area contributed by atoms with Gasteiger partial charge in [-0.1, -0.05) is 34.6 Å². The number of amides is 1. The highest BCUT2D eigenvalue weighted by atomic mass is 16.2. The van der Waals surface area contributed by atoms with Crippen molar-refractivity contribution in [1.82, 2.24) is 20.4 Å². The summed E-state index contributed by atoms with van der Waals surface area (Å²) in [7, 11) is 1.83. The Morgan fingerprint density at radius 2 is 1.78 bits per heavy atom. The van der Waals surface area contributed by atoms with Gasteiger partial charge in [0.25, 0.3) is 0 Å². The van der Waals surface area contributed by atoms with Crippen LogP contribution in [-0.4, -0.2) is 73.5 Å². The van der Waals surface area contributed by atoms with E-state index < -0.39 is 0 Å². The van der Waals surface area contributed by atoms with Crippen LogP contribution in [0.1, 0.15) is 53.9 Å². The minimum atomic E-state index is 0.0697. The van der Waals surface area contributed by atoms with Crippen molar-refractivity contribution in [2.45, 2.75) is 66.0 Å². The predicted octanol–water partition coefficient (Wildman–Crippen LogP) is 2.16. The van der Waals surface area contributed by atoms with E-state index >= 15 is 0 Å². The van der Waals surface area contributed by atoms with Gasteiger partial charge in [0.15, 0.2) is 5.96 Å². The summed E-state index contributed by atoms with van der Waals surface area (Å²) in [6.45, 7) is 15.8. The van der Waals surface area contributed by atoms with Crippen molar-refractivity contribution in [3.8, 4) is 0 Å². The van der Waals surface area contributed by atoms with Crippen LogP contribution in [-0.2, 0) is 4.79 Å². The number of piperidine rings is 1. The van der Waals surface area contributed by atoms with Gasteiger partial charge in [0.05, 0.1) is 0 Å². The summed E-state index contributed by atoms with van der Waals surface area (Å²) >= 11 is 0. The van der Waals surface area contributed by atoms with Crippen molar-refractivity contribution in [1.29, 1.82) is 0 Å². The Balaban J connectivity index is 1.83. The molecule has 2 unspecified atom stereocenters. The molecule has 6 nitrogen and oxygen atoms in total. The Hall–Kier alpha value is -1.30. The van der Waals surface area contributed by atoms with Crippen LogP contribution < -0.4 is 10.6 Å². The van der Waals surface area contributed by atoms with E-state index in [1.54, 1.807) is 0 Å². The van der Waals surface area contributed by atoms with Crippen molar-refractivity contribution in [2.75, 3.05) is 39.8 Å². The topological polar surface area (TPSA) is 60.0 Å². The molecule has 2 heterocycles. The van der Waals surface area contributed by atoms with Gasteiger partial charge in [-0.05, 0) is 44.2 Å². The molecule has 2 N–H and O–H groups in total. The lowest BCUT2D eigenvalue weighted by Crippen LogP contribution is -2.53. The Bertz CT molecular complexity index is 497. The first kappa shape index (κ1) is 22.0. The second kappa shape index (κ2) is 10.3. The molecule has 2 fully saturated rings. The van der Waals surface area contributed by atoms with Crippen LogP contribution >= 0.6 is 0 Å². The molecule has 0 aromatic carbocycles. The highest BCUT2D eigenvalue weighted by Crippen LogP contribution is 2.21. The average Bonchev–Trinajstić information content (AvgIpc) is 3.09. The monoisotopic (exact) mass is 379 g/mol. The summed E-state index contributed by atoms with van der Waals surface area (Å²) in [6.07, 6.45) is 3.59. The van der Waals surface area contributed by atoms with Crippen LogP contribution in [0.5, 0.6) is 0 Å². The predicted molar refractivity (Wildman–Crippen MR) is 113 cm³/mol. The van der Waals surface area contributed by atoms with Gasteiger partial charge in [-0.2, -0.15) is 0 Å². The Morgan fingerprint density at radius 3 is 2.33 bits per heavy atom. The molecule has 0 aromatic heterocycles. The van der Waals surface area contributed by atoms with Crippen molar-refractivity contribution in [2.24, 2.45) is 22.7 Å². The maximum absolute atomic E-state index is 12.2. The van der Waals surface area contributed by atoms with Crippen LogP contribution in [0.25, 0.3) is 0 Å². The number of likely N-dealkylation sites (tertiary alicyclic amines) is 2. The molecule has 2 atom stereocenters. The van der Waals surface area contributed by atoms with E-state index in [0.29, 0.717) is 12.0 Å². The van der Waals surface area contributed by atoms with Crippen molar-refractivity contribution in [3.05, 3.63) is 0 Å². The lowest BCUT2D eigenvalue weighted by Gasteiger charge is -2.39. The fraction of sp³-hybridized carbons (Fsp3) is 0.905. The maximum atomic E-state index is 12.2. The second-order valence-corrected chi connectivity index (χ2v) is 9.05. The third kappa shape index (κ3) is 6.37. The van der Waals surface area contributed by atoms with Gasteiger partial charge in [0.2, 0.25) is 5.91 Å². The summed E-state index contributed by atoms with van der Waals surface area (Å²) in [5, 5.41) is 7.07. The summed E-state index contributed by atoms with van der Waals surface area (Å²) in [5.74, 6) is 2.64. The van der Waals surface area contributed by atoms with Crippen LogP contribution in [0, 0.1) is 17.8 Å². The van der Waals surface area contributed by atoms with Gasteiger partial charge in [-0.3, -0.25) is 14.7 Å². The maximum Gasteiger partial charge on any atom is 0.225 e. The SMILES string of the molecule is CN=C(NCC(C(C)C)N1CCC(C)CC1)NC1CCN(C(=O)C(C)C)C1. The molecule has 0 aromatic rings. The van der Waals surface area contributed by atoms with Gasteiger partial charge in [-0.15, -0.1) is 0 Å². The molecule has 0 aliphatic carbocycles. The molecule has 6 heteroatoms. The van der Waals surface area contributed by atoms with Gasteiger partial charge < -0.3 is 15.5 Å². The van der Waals surface area contributed by atoms with Crippen molar-refractivity contribution in [3.63, 3.8) is 0 Å². The van der Waals surface area contributed by atoms with Crippen LogP contribution in [0.15, 0.2) is 4.99 Å². The number of rotatable bonds is 6. The quantitative estimate of drug-likeness (QED) is 0.548. The molecular formula is C21H41N5O. The first-order chi connectivity index (χ1) is 12.8. The van der Waals surface area contributed by atoms with Crippen LogP contribution in [0.3, 0.4) is 0 Å². The van der Waals surface area contributed by atoms with Gasteiger partial charge >= 0.3 is 0 Å². The highest BCUT2D eigenvalue weighted by molar-refractivity contribution is 5.81. The smallest absolute Gasteiger partial charge is 0.225 e. The number of hydrogen-bond donors (Lipinski definition) is 2. The standard InChI is InChI=1S/C21H41N5O/c1-15(2)19(25-10-7-17(5)8-11-25)13-23-21(22-6)24-18-9-12-26(14-18)20(27)16(3)4/h15-19H,7-14H2,1-6H3,(H2,22,23,24). The van der Waals surface area contributed by atoms with E-state index in [2.05, 4.69) is 41.3 Å². The average molecular weight is 380 g/mol. The van der Waals surface area contributed by atoms with Crippen molar-refractivity contribution >= 4 is 11.9 Å². The molecule has 0 bridgehead atoms. The number of nitrogens with one attached hydrogen (secondary N) is 2. The fourth-order valence-electron chi connectivity index (χ4n) is 4.18. The van der Waals surface area contributed by atoms with Gasteiger partial charge in [0, 0.05) is 44.7 Å². The molecule has 1 amide bonds. The summed E-state index contributed by atoms with van der Waals surface area (Å²) in [4.78, 5) is 21.2. The Morgan fingerprint density at radius 1 is 1.11 bits per heavy atom. The third-order valence-corrected chi connectivity index (χ3v) is 6.09. The summed E-state index contributed by atoms with van der Waals surface area (Å²) < 4.78 is 0. The molecule has 0 saturated carbocycles. The lowest BCUT2D eigenvalue weighted by atomic mass is 9.94. The highest BCUT2D eigenvalue weighted by Gasteiger charge is 2.29. The first-order valence-corrected chi connectivity index (χ1v) is 10.8. The molecular weight excluding hydrogens is 338 g/mol. The Kier molecular flexibility index (Phi) is 8.39. The first-order valence-electron chi connectivity index (χ1n) is 10.8. The molecule has 0 spiro atoms. The van der Waals surface area contributed by atoms with E-state index in [1.165, 1.54) is 25.9 Å². The number of hydrogen-bond acceptors (Lipinski definition) is 3. The van der Waals surface area contributed by atoms with Crippen molar-refractivity contribution < 1.29 is 4.79 Å². The molecule has 0 radical (unpaired) electrons.